The van der Waals surface area contributed by atoms with Gasteiger partial charge in [0, 0.05) is 29.3 Å². The van der Waals surface area contributed by atoms with E-state index in [-0.39, 0.29) is 22.7 Å². The first-order chi connectivity index (χ1) is 16.4. The number of methoxy groups -OCH3 is 1. The first-order valence-corrected chi connectivity index (χ1v) is 11.3. The van der Waals surface area contributed by atoms with E-state index in [4.69, 9.17) is 4.74 Å². The average molecular weight is 497 g/mol. The second-order valence-electron chi connectivity index (χ2n) is 6.81. The number of amides is 2. The SMILES string of the molecule is COc1ccc(C(=O)SNC(=O)Nc2ccc(O)c(-c3nc4ccccc4s3)c2)cc1[N+](=O)[O-]. The average Bonchev–Trinajstić information content (AvgIpc) is 3.27. The molecule has 0 aliphatic carbocycles. The number of nitro groups is 1. The number of phenolic OH excluding ortho intramolecular Hbond substituents is 1. The number of carbonyl (C=O) groups is 2. The minimum absolute atomic E-state index is 0.00988. The number of nitrogens with one attached hydrogen (secondary N) is 2. The number of anilines is 1. The zero-order chi connectivity index (χ0) is 24.2. The van der Waals surface area contributed by atoms with Gasteiger partial charge in [-0.3, -0.25) is 19.6 Å². The van der Waals surface area contributed by atoms with E-state index < -0.39 is 16.1 Å². The van der Waals surface area contributed by atoms with Crippen molar-refractivity contribution in [2.75, 3.05) is 12.4 Å². The molecule has 4 aromatic rings. The molecule has 0 saturated heterocycles. The Labute approximate surface area is 200 Å². The Morgan fingerprint density at radius 3 is 2.68 bits per heavy atom. The highest BCUT2D eigenvalue weighted by Gasteiger charge is 2.19. The Kier molecular flexibility index (Phi) is 6.61. The Balaban J connectivity index is 1.43. The first-order valence-electron chi connectivity index (χ1n) is 9.65. The van der Waals surface area contributed by atoms with Gasteiger partial charge in [0.25, 0.3) is 0 Å². The summed E-state index contributed by atoms with van der Waals surface area (Å²) in [6.07, 6.45) is 0. The zero-order valence-electron chi connectivity index (χ0n) is 17.5. The Bertz CT molecular complexity index is 1390. The summed E-state index contributed by atoms with van der Waals surface area (Å²) in [5.74, 6) is 0.0316. The molecule has 0 aliphatic rings. The maximum atomic E-state index is 12.4. The maximum Gasteiger partial charge on any atom is 0.329 e. The van der Waals surface area contributed by atoms with E-state index in [0.717, 1.165) is 16.3 Å². The van der Waals surface area contributed by atoms with Crippen LogP contribution in [-0.2, 0) is 0 Å². The second-order valence-corrected chi connectivity index (χ2v) is 8.62. The molecule has 0 radical (unpaired) electrons. The third-order valence-electron chi connectivity index (χ3n) is 4.63. The number of phenols is 1. The van der Waals surface area contributed by atoms with Crippen molar-refractivity contribution in [1.82, 2.24) is 9.71 Å². The van der Waals surface area contributed by atoms with Gasteiger partial charge in [0.15, 0.2) is 5.75 Å². The van der Waals surface area contributed by atoms with Crippen LogP contribution in [-0.4, -0.2) is 33.3 Å². The Morgan fingerprint density at radius 1 is 1.15 bits per heavy atom. The van der Waals surface area contributed by atoms with Crippen molar-refractivity contribution < 1.29 is 24.4 Å². The number of aromatic hydroxyl groups is 1. The van der Waals surface area contributed by atoms with Crippen LogP contribution in [0.25, 0.3) is 20.8 Å². The van der Waals surface area contributed by atoms with Gasteiger partial charge in [0.05, 0.1) is 27.8 Å². The molecule has 34 heavy (non-hydrogen) atoms. The fraction of sp³-hybridized carbons (Fsp3) is 0.0455. The van der Waals surface area contributed by atoms with Gasteiger partial charge in [-0.1, -0.05) is 12.1 Å². The molecule has 12 heteroatoms. The van der Waals surface area contributed by atoms with Crippen molar-refractivity contribution in [3.8, 4) is 22.1 Å². The minimum atomic E-state index is -0.692. The van der Waals surface area contributed by atoms with Crippen LogP contribution >= 0.6 is 23.3 Å². The number of aromatic nitrogens is 1. The highest BCUT2D eigenvalue weighted by Crippen LogP contribution is 2.36. The summed E-state index contributed by atoms with van der Waals surface area (Å²) in [6.45, 7) is 0. The Hall–Kier alpha value is -4.16. The molecule has 1 aromatic heterocycles. The van der Waals surface area contributed by atoms with E-state index in [1.165, 1.54) is 42.7 Å². The molecule has 2 amide bonds. The smallest absolute Gasteiger partial charge is 0.329 e. The molecule has 4 rings (SSSR count). The number of fused-ring (bicyclic) bond motifs is 1. The fourth-order valence-electron chi connectivity index (χ4n) is 3.04. The third-order valence-corrected chi connectivity index (χ3v) is 6.40. The molecule has 0 bridgehead atoms. The van der Waals surface area contributed by atoms with Crippen LogP contribution in [0.3, 0.4) is 0 Å². The predicted molar refractivity (Wildman–Crippen MR) is 130 cm³/mol. The van der Waals surface area contributed by atoms with E-state index in [9.17, 15) is 24.8 Å². The number of ether oxygens (including phenoxy) is 1. The van der Waals surface area contributed by atoms with Crippen LogP contribution in [0.2, 0.25) is 0 Å². The van der Waals surface area contributed by atoms with E-state index in [1.807, 2.05) is 24.3 Å². The fourth-order valence-corrected chi connectivity index (χ4v) is 4.51. The standard InChI is InChI=1S/C22H16N4O6S2/c1-32-18-9-6-12(10-16(18)26(30)31)21(28)34-25-22(29)23-13-7-8-17(27)14(11-13)20-24-15-4-2-3-5-19(15)33-20/h2-11,27H,1H3,(H2,23,25,29). The van der Waals surface area contributed by atoms with Crippen molar-refractivity contribution in [2.24, 2.45) is 0 Å². The van der Waals surface area contributed by atoms with Gasteiger partial charge in [-0.2, -0.15) is 0 Å². The summed E-state index contributed by atoms with van der Waals surface area (Å²) in [4.78, 5) is 39.7. The summed E-state index contributed by atoms with van der Waals surface area (Å²) in [6, 6.07) is 15.1. The molecule has 0 spiro atoms. The molecule has 0 atom stereocenters. The molecule has 0 aliphatic heterocycles. The van der Waals surface area contributed by atoms with Gasteiger partial charge < -0.3 is 15.2 Å². The van der Waals surface area contributed by atoms with Crippen molar-refractivity contribution in [3.63, 3.8) is 0 Å². The minimum Gasteiger partial charge on any atom is -0.507 e. The molecule has 10 nitrogen and oxygen atoms in total. The molecule has 3 N–H and O–H groups in total. The number of nitrogens with zero attached hydrogens (tertiary/aromatic N) is 2. The first kappa shape index (κ1) is 23.0. The van der Waals surface area contributed by atoms with Crippen LogP contribution in [0.4, 0.5) is 16.2 Å². The molecule has 0 fully saturated rings. The monoisotopic (exact) mass is 496 g/mol. The molecule has 172 valence electrons. The lowest BCUT2D eigenvalue weighted by Gasteiger charge is -2.09. The van der Waals surface area contributed by atoms with Gasteiger partial charge >= 0.3 is 11.7 Å². The summed E-state index contributed by atoms with van der Waals surface area (Å²) in [5.41, 5.74) is 1.29. The molecule has 0 saturated carbocycles. The number of rotatable bonds is 5. The van der Waals surface area contributed by atoms with E-state index in [1.54, 1.807) is 6.07 Å². The van der Waals surface area contributed by atoms with Crippen molar-refractivity contribution in [1.29, 1.82) is 0 Å². The lowest BCUT2D eigenvalue weighted by atomic mass is 10.2. The van der Waals surface area contributed by atoms with Crippen molar-refractivity contribution >= 4 is 56.0 Å². The number of carbonyl (C=O) groups excluding carboxylic acids is 2. The van der Waals surface area contributed by atoms with Crippen molar-refractivity contribution in [2.45, 2.75) is 0 Å². The molecule has 1 heterocycles. The number of hydrogen-bond acceptors (Lipinski definition) is 9. The summed E-state index contributed by atoms with van der Waals surface area (Å²) >= 11 is 1.88. The number of nitro benzene ring substituents is 1. The topological polar surface area (TPSA) is 144 Å². The van der Waals surface area contributed by atoms with E-state index >= 15 is 0 Å². The lowest BCUT2D eigenvalue weighted by molar-refractivity contribution is -0.385. The normalized spacial score (nSPS) is 10.6. The van der Waals surface area contributed by atoms with Crippen LogP contribution < -0.4 is 14.8 Å². The van der Waals surface area contributed by atoms with Crippen LogP contribution in [0, 0.1) is 10.1 Å². The molecular weight excluding hydrogens is 480 g/mol. The van der Waals surface area contributed by atoms with E-state index in [0.29, 0.717) is 28.2 Å². The van der Waals surface area contributed by atoms with Gasteiger partial charge in [-0.05, 0) is 42.5 Å². The second kappa shape index (κ2) is 9.77. The molecule has 3 aromatic carbocycles. The van der Waals surface area contributed by atoms with Gasteiger partial charge in [0.2, 0.25) is 5.12 Å². The van der Waals surface area contributed by atoms with Crippen molar-refractivity contribution in [3.05, 3.63) is 76.3 Å². The quantitative estimate of drug-likeness (QED) is 0.148. The predicted octanol–water partition coefficient (Wildman–Crippen LogP) is 5.20. The summed E-state index contributed by atoms with van der Waals surface area (Å²) < 4.78 is 8.21. The van der Waals surface area contributed by atoms with Crippen LogP contribution in [0.15, 0.2) is 60.7 Å². The van der Waals surface area contributed by atoms with E-state index in [2.05, 4.69) is 15.0 Å². The highest BCUT2D eigenvalue weighted by atomic mass is 32.2. The maximum absolute atomic E-state index is 12.4. The largest absolute Gasteiger partial charge is 0.507 e. The molecule has 0 unspecified atom stereocenters. The number of para-hydroxylation sites is 1. The van der Waals surface area contributed by atoms with Gasteiger partial charge in [-0.25, -0.2) is 9.78 Å². The third kappa shape index (κ3) is 4.92. The molecular formula is C22H16N4O6S2. The summed E-state index contributed by atoms with van der Waals surface area (Å²) in [5, 5.41) is 24.0. The number of thiazole rings is 1. The zero-order valence-corrected chi connectivity index (χ0v) is 19.1. The Morgan fingerprint density at radius 2 is 1.94 bits per heavy atom. The van der Waals surface area contributed by atoms with Gasteiger partial charge in [0.1, 0.15) is 10.8 Å². The van der Waals surface area contributed by atoms with Gasteiger partial charge in [-0.15, -0.1) is 11.3 Å². The number of benzene rings is 3. The number of hydrogen-bond donors (Lipinski definition) is 3. The number of urea groups is 1. The lowest BCUT2D eigenvalue weighted by Crippen LogP contribution is -2.24. The highest BCUT2D eigenvalue weighted by molar-refractivity contribution is 8.12. The summed E-state index contributed by atoms with van der Waals surface area (Å²) in [7, 11) is 1.29. The van der Waals surface area contributed by atoms with Crippen LogP contribution in [0.5, 0.6) is 11.5 Å². The van der Waals surface area contributed by atoms with Crippen LogP contribution in [0.1, 0.15) is 10.4 Å².